The lowest BCUT2D eigenvalue weighted by Gasteiger charge is -2.37. The van der Waals surface area contributed by atoms with Gasteiger partial charge in [0.15, 0.2) is 0 Å². The Balaban J connectivity index is 2.29. The molecule has 1 aliphatic rings. The van der Waals surface area contributed by atoms with Gasteiger partial charge in [0.05, 0.1) is 0 Å². The molecule has 0 spiro atoms. The number of likely N-dealkylation sites (N-methyl/N-ethyl adjacent to an activating group) is 1. The predicted octanol–water partition coefficient (Wildman–Crippen LogP) is 3.37. The van der Waals surface area contributed by atoms with Crippen molar-refractivity contribution >= 4 is 0 Å². The third kappa shape index (κ3) is 4.59. The molecule has 1 rings (SSSR count). The molecule has 1 saturated heterocycles. The summed E-state index contributed by atoms with van der Waals surface area (Å²) in [6, 6.07) is 0.808. The molecule has 0 unspecified atom stereocenters. The fourth-order valence-corrected chi connectivity index (χ4v) is 2.71. The molecule has 0 saturated carbocycles. The molecule has 17 heavy (non-hydrogen) atoms. The van der Waals surface area contributed by atoms with E-state index in [2.05, 4.69) is 44.5 Å². The maximum atomic E-state index is 2.65. The van der Waals surface area contributed by atoms with E-state index in [1.165, 1.54) is 51.7 Å². The molecule has 2 heteroatoms. The van der Waals surface area contributed by atoms with Crippen molar-refractivity contribution in [2.75, 3.05) is 26.7 Å². The van der Waals surface area contributed by atoms with Gasteiger partial charge < -0.3 is 0 Å². The molecule has 1 heterocycles. The van der Waals surface area contributed by atoms with Crippen LogP contribution in [0.1, 0.15) is 59.8 Å². The number of hydrogen-bond acceptors (Lipinski definition) is 2. The fraction of sp³-hybridized carbons (Fsp3) is 1.00. The topological polar surface area (TPSA) is 6.48 Å². The van der Waals surface area contributed by atoms with Gasteiger partial charge in [-0.2, -0.15) is 0 Å². The molecule has 2 nitrogen and oxygen atoms in total. The summed E-state index contributed by atoms with van der Waals surface area (Å²) in [6.07, 6.45) is 6.75. The van der Waals surface area contributed by atoms with Crippen LogP contribution >= 0.6 is 0 Å². The van der Waals surface area contributed by atoms with E-state index in [0.717, 1.165) is 6.04 Å². The highest BCUT2D eigenvalue weighted by Crippen LogP contribution is 2.21. The molecule has 1 aliphatic heterocycles. The Labute approximate surface area is 108 Å². The summed E-state index contributed by atoms with van der Waals surface area (Å²) >= 11 is 0. The van der Waals surface area contributed by atoms with Gasteiger partial charge in [0.25, 0.3) is 0 Å². The summed E-state index contributed by atoms with van der Waals surface area (Å²) in [5.74, 6) is 0. The molecule has 0 aromatic heterocycles. The molecule has 1 atom stereocenters. The van der Waals surface area contributed by atoms with Gasteiger partial charge in [0.1, 0.15) is 0 Å². The summed E-state index contributed by atoms with van der Waals surface area (Å²) in [4.78, 5) is 5.19. The third-order valence-corrected chi connectivity index (χ3v) is 4.59. The maximum Gasteiger partial charge on any atom is 0.0150 e. The summed E-state index contributed by atoms with van der Waals surface area (Å²) < 4.78 is 0. The number of nitrogens with zero attached hydrogens (tertiary/aromatic N) is 2. The minimum absolute atomic E-state index is 0.360. The van der Waals surface area contributed by atoms with Crippen molar-refractivity contribution in [1.29, 1.82) is 0 Å². The zero-order valence-electron chi connectivity index (χ0n) is 12.6. The first-order chi connectivity index (χ1) is 7.97. The SMILES string of the molecule is CCCCC(C)(C)N(C)CCN1CCC[C@H]1C. The molecule has 0 aromatic rings. The van der Waals surface area contributed by atoms with Crippen molar-refractivity contribution in [3.8, 4) is 0 Å². The van der Waals surface area contributed by atoms with Crippen LogP contribution in [-0.2, 0) is 0 Å². The second kappa shape index (κ2) is 6.75. The van der Waals surface area contributed by atoms with Gasteiger partial charge in [-0.05, 0) is 53.6 Å². The van der Waals surface area contributed by atoms with E-state index in [0.29, 0.717) is 5.54 Å². The number of unbranched alkanes of at least 4 members (excludes halogenated alkanes) is 1. The van der Waals surface area contributed by atoms with Crippen LogP contribution in [0.5, 0.6) is 0 Å². The minimum atomic E-state index is 0.360. The summed E-state index contributed by atoms with van der Waals surface area (Å²) in [6.45, 7) is 13.2. The van der Waals surface area contributed by atoms with E-state index < -0.39 is 0 Å². The lowest BCUT2D eigenvalue weighted by atomic mass is 9.95. The Morgan fingerprint density at radius 1 is 1.35 bits per heavy atom. The van der Waals surface area contributed by atoms with Crippen molar-refractivity contribution in [3.05, 3.63) is 0 Å². The van der Waals surface area contributed by atoms with Crippen LogP contribution < -0.4 is 0 Å². The van der Waals surface area contributed by atoms with Gasteiger partial charge >= 0.3 is 0 Å². The summed E-state index contributed by atoms with van der Waals surface area (Å²) in [5, 5.41) is 0. The Hall–Kier alpha value is -0.0800. The van der Waals surface area contributed by atoms with E-state index in [9.17, 15) is 0 Å². The zero-order chi connectivity index (χ0) is 12.9. The molecular formula is C15H32N2. The molecule has 0 amide bonds. The Bertz CT molecular complexity index is 213. The summed E-state index contributed by atoms with van der Waals surface area (Å²) in [7, 11) is 2.29. The van der Waals surface area contributed by atoms with Crippen molar-refractivity contribution in [2.24, 2.45) is 0 Å². The normalized spacial score (nSPS) is 22.6. The van der Waals surface area contributed by atoms with Crippen LogP contribution in [0, 0.1) is 0 Å². The second-order valence-electron chi connectivity index (χ2n) is 6.36. The van der Waals surface area contributed by atoms with E-state index in [4.69, 9.17) is 0 Å². The molecule has 0 radical (unpaired) electrons. The lowest BCUT2D eigenvalue weighted by molar-refractivity contribution is 0.119. The quantitative estimate of drug-likeness (QED) is 0.673. The van der Waals surface area contributed by atoms with Crippen molar-refractivity contribution in [2.45, 2.75) is 71.4 Å². The van der Waals surface area contributed by atoms with Crippen molar-refractivity contribution < 1.29 is 0 Å². The summed E-state index contributed by atoms with van der Waals surface area (Å²) in [5.41, 5.74) is 0.360. The van der Waals surface area contributed by atoms with Crippen LogP contribution in [0.3, 0.4) is 0 Å². The number of hydrogen-bond donors (Lipinski definition) is 0. The molecule has 0 aromatic carbocycles. The highest BCUT2D eigenvalue weighted by atomic mass is 15.2. The Morgan fingerprint density at radius 2 is 2.06 bits per heavy atom. The average molecular weight is 240 g/mol. The van der Waals surface area contributed by atoms with Crippen molar-refractivity contribution in [3.63, 3.8) is 0 Å². The number of likely N-dealkylation sites (tertiary alicyclic amines) is 1. The average Bonchev–Trinajstić information content (AvgIpc) is 2.69. The smallest absolute Gasteiger partial charge is 0.0150 e. The first kappa shape index (κ1) is 15.0. The van der Waals surface area contributed by atoms with Gasteiger partial charge in [-0.25, -0.2) is 0 Å². The largest absolute Gasteiger partial charge is 0.300 e. The predicted molar refractivity (Wildman–Crippen MR) is 76.5 cm³/mol. The first-order valence-corrected chi connectivity index (χ1v) is 7.42. The Morgan fingerprint density at radius 3 is 2.59 bits per heavy atom. The van der Waals surface area contributed by atoms with Crippen LogP contribution in [0.15, 0.2) is 0 Å². The molecule has 1 fully saturated rings. The number of rotatable bonds is 7. The van der Waals surface area contributed by atoms with Gasteiger partial charge in [-0.15, -0.1) is 0 Å². The van der Waals surface area contributed by atoms with Crippen LogP contribution in [0.25, 0.3) is 0 Å². The Kier molecular flexibility index (Phi) is 5.94. The lowest BCUT2D eigenvalue weighted by Crippen LogP contribution is -2.45. The van der Waals surface area contributed by atoms with Gasteiger partial charge in [-0.1, -0.05) is 19.8 Å². The van der Waals surface area contributed by atoms with Crippen LogP contribution in [-0.4, -0.2) is 48.1 Å². The minimum Gasteiger partial charge on any atom is -0.300 e. The molecule has 0 aliphatic carbocycles. The molecule has 0 bridgehead atoms. The highest BCUT2D eigenvalue weighted by Gasteiger charge is 2.25. The first-order valence-electron chi connectivity index (χ1n) is 7.42. The van der Waals surface area contributed by atoms with Crippen LogP contribution in [0.4, 0.5) is 0 Å². The van der Waals surface area contributed by atoms with Gasteiger partial charge in [0.2, 0.25) is 0 Å². The molecular weight excluding hydrogens is 208 g/mol. The monoisotopic (exact) mass is 240 g/mol. The van der Waals surface area contributed by atoms with E-state index in [-0.39, 0.29) is 0 Å². The van der Waals surface area contributed by atoms with Gasteiger partial charge in [0, 0.05) is 24.7 Å². The van der Waals surface area contributed by atoms with Crippen molar-refractivity contribution in [1.82, 2.24) is 9.80 Å². The van der Waals surface area contributed by atoms with E-state index in [1.807, 2.05) is 0 Å². The molecule has 0 N–H and O–H groups in total. The van der Waals surface area contributed by atoms with E-state index >= 15 is 0 Å². The zero-order valence-corrected chi connectivity index (χ0v) is 12.6. The highest BCUT2D eigenvalue weighted by molar-refractivity contribution is 4.81. The van der Waals surface area contributed by atoms with E-state index in [1.54, 1.807) is 0 Å². The molecule has 102 valence electrons. The van der Waals surface area contributed by atoms with Crippen LogP contribution in [0.2, 0.25) is 0 Å². The fourth-order valence-electron chi connectivity index (χ4n) is 2.71. The standard InChI is InChI=1S/C15H32N2/c1-6-7-10-15(3,4)16(5)12-13-17-11-8-9-14(17)2/h14H,6-13H2,1-5H3/t14-/m1/s1. The second-order valence-corrected chi connectivity index (χ2v) is 6.36. The van der Waals surface area contributed by atoms with Gasteiger partial charge in [-0.3, -0.25) is 9.80 Å². The maximum absolute atomic E-state index is 2.65. The third-order valence-electron chi connectivity index (χ3n) is 4.59.